The van der Waals surface area contributed by atoms with Gasteiger partial charge in [-0.2, -0.15) is 0 Å². The van der Waals surface area contributed by atoms with E-state index in [-0.39, 0.29) is 5.91 Å². The van der Waals surface area contributed by atoms with Gasteiger partial charge in [0.15, 0.2) is 0 Å². The van der Waals surface area contributed by atoms with Gasteiger partial charge >= 0.3 is 0 Å². The number of nitrogens with zero attached hydrogens (tertiary/aromatic N) is 5. The van der Waals surface area contributed by atoms with Crippen LogP contribution in [0, 0.1) is 6.92 Å². The predicted molar refractivity (Wildman–Crippen MR) is 117 cm³/mol. The second-order valence-electron chi connectivity index (χ2n) is 6.93. The van der Waals surface area contributed by atoms with Crippen molar-refractivity contribution >= 4 is 28.6 Å². The smallest absolute Gasteiger partial charge is 0.253 e. The summed E-state index contributed by atoms with van der Waals surface area (Å²) in [4.78, 5) is 28.8. The van der Waals surface area contributed by atoms with Crippen molar-refractivity contribution < 1.29 is 4.79 Å². The molecule has 1 amide bonds. The van der Waals surface area contributed by atoms with Gasteiger partial charge in [0.1, 0.15) is 0 Å². The number of pyridine rings is 1. The van der Waals surface area contributed by atoms with Gasteiger partial charge in [-0.05, 0) is 37.4 Å². The van der Waals surface area contributed by atoms with Crippen LogP contribution in [0.1, 0.15) is 16.1 Å². The molecule has 146 valence electrons. The summed E-state index contributed by atoms with van der Waals surface area (Å²) in [5, 5.41) is 1.07. The van der Waals surface area contributed by atoms with E-state index < -0.39 is 0 Å². The molecule has 0 unspecified atom stereocenters. The predicted octanol–water partition coefficient (Wildman–Crippen LogP) is 4.21. The molecule has 3 heterocycles. The normalized spacial score (nSPS) is 11.0. The van der Waals surface area contributed by atoms with Gasteiger partial charge in [0.05, 0.1) is 11.2 Å². The van der Waals surface area contributed by atoms with Crippen LogP contribution in [-0.2, 0) is 0 Å². The van der Waals surface area contributed by atoms with Gasteiger partial charge in [-0.25, -0.2) is 9.97 Å². The van der Waals surface area contributed by atoms with Crippen molar-refractivity contribution in [3.63, 3.8) is 0 Å². The lowest BCUT2D eigenvalue weighted by Crippen LogP contribution is -2.21. The number of aryl methyl sites for hydroxylation is 1. The maximum Gasteiger partial charge on any atom is 0.253 e. The summed E-state index contributed by atoms with van der Waals surface area (Å²) in [5.41, 5.74) is 4.20. The molecule has 0 bridgehead atoms. The van der Waals surface area contributed by atoms with Crippen molar-refractivity contribution in [1.29, 1.82) is 0 Å². The average Bonchev–Trinajstić information content (AvgIpc) is 3.11. The molecule has 6 nitrogen and oxygen atoms in total. The van der Waals surface area contributed by atoms with E-state index in [9.17, 15) is 4.79 Å². The van der Waals surface area contributed by atoms with Crippen LogP contribution in [0.4, 0.5) is 0 Å². The molecule has 29 heavy (non-hydrogen) atoms. The number of fused-ring (bicyclic) bond motifs is 1. The Balaban J connectivity index is 1.80. The first-order valence-corrected chi connectivity index (χ1v) is 10.4. The van der Waals surface area contributed by atoms with Gasteiger partial charge in [-0.1, -0.05) is 12.1 Å². The molecule has 0 aliphatic heterocycles. The highest BCUT2D eigenvalue weighted by atomic mass is 32.2. The molecular weight excluding hydrogens is 382 g/mol. The molecule has 0 aliphatic rings. The number of carbonyl (C=O) groups excluding carboxylic acids is 1. The van der Waals surface area contributed by atoms with Crippen LogP contribution in [0.3, 0.4) is 0 Å². The molecule has 4 aromatic rings. The van der Waals surface area contributed by atoms with Crippen LogP contribution < -0.4 is 0 Å². The Morgan fingerprint density at radius 3 is 2.52 bits per heavy atom. The number of hydrogen-bond acceptors (Lipinski definition) is 5. The van der Waals surface area contributed by atoms with Crippen molar-refractivity contribution in [2.75, 3.05) is 20.4 Å². The Morgan fingerprint density at radius 1 is 1.10 bits per heavy atom. The highest BCUT2D eigenvalue weighted by Crippen LogP contribution is 2.31. The Bertz CT molecular complexity index is 1200. The van der Waals surface area contributed by atoms with E-state index in [1.807, 2.05) is 60.3 Å². The van der Waals surface area contributed by atoms with Crippen molar-refractivity contribution in [3.8, 4) is 17.2 Å². The van der Waals surface area contributed by atoms with Crippen LogP contribution in [0.25, 0.3) is 28.1 Å². The fourth-order valence-electron chi connectivity index (χ4n) is 3.20. The van der Waals surface area contributed by atoms with Gasteiger partial charge in [0.2, 0.25) is 5.95 Å². The second kappa shape index (κ2) is 7.67. The Hall–Kier alpha value is -3.19. The van der Waals surface area contributed by atoms with E-state index in [1.54, 1.807) is 43.2 Å². The third-order valence-electron chi connectivity index (χ3n) is 4.68. The summed E-state index contributed by atoms with van der Waals surface area (Å²) in [5.74, 6) is 0.522. The average molecular weight is 404 g/mol. The number of thioether (sulfide) groups is 1. The van der Waals surface area contributed by atoms with Crippen molar-refractivity contribution in [1.82, 2.24) is 24.4 Å². The lowest BCUT2D eigenvalue weighted by molar-refractivity contribution is 0.0827. The first-order valence-electron chi connectivity index (χ1n) is 9.15. The Kier molecular flexibility index (Phi) is 5.07. The topological polar surface area (TPSA) is 63.9 Å². The molecule has 0 spiro atoms. The maximum absolute atomic E-state index is 12.4. The van der Waals surface area contributed by atoms with Crippen LogP contribution in [0.5, 0.6) is 0 Å². The zero-order valence-electron chi connectivity index (χ0n) is 16.7. The second-order valence-corrected chi connectivity index (χ2v) is 7.78. The summed E-state index contributed by atoms with van der Waals surface area (Å²) in [6.07, 6.45) is 7.61. The van der Waals surface area contributed by atoms with Crippen molar-refractivity contribution in [2.24, 2.45) is 0 Å². The number of rotatable bonds is 4. The quantitative estimate of drug-likeness (QED) is 0.478. The molecule has 0 aliphatic carbocycles. The third kappa shape index (κ3) is 3.61. The fraction of sp³-hybridized carbons (Fsp3) is 0.182. The molecule has 0 radical (unpaired) electrons. The van der Waals surface area contributed by atoms with Gasteiger partial charge in [0, 0.05) is 59.8 Å². The zero-order chi connectivity index (χ0) is 20.5. The van der Waals surface area contributed by atoms with Gasteiger partial charge < -0.3 is 4.90 Å². The minimum absolute atomic E-state index is 0.0351. The zero-order valence-corrected chi connectivity index (χ0v) is 17.6. The van der Waals surface area contributed by atoms with E-state index in [0.29, 0.717) is 11.5 Å². The van der Waals surface area contributed by atoms with E-state index in [1.165, 1.54) is 0 Å². The Morgan fingerprint density at radius 2 is 1.86 bits per heavy atom. The largest absolute Gasteiger partial charge is 0.345 e. The number of hydrogen-bond donors (Lipinski definition) is 0. The molecule has 0 saturated heterocycles. The molecule has 0 fully saturated rings. The summed E-state index contributed by atoms with van der Waals surface area (Å²) in [6.45, 7) is 1.96. The molecule has 0 atom stereocenters. The van der Waals surface area contributed by atoms with E-state index >= 15 is 0 Å². The number of carbonyl (C=O) groups is 1. The van der Waals surface area contributed by atoms with E-state index in [0.717, 1.165) is 32.7 Å². The molecule has 1 aromatic carbocycles. The highest BCUT2D eigenvalue weighted by molar-refractivity contribution is 7.98. The standard InChI is InChI=1S/C22H21N5OS/c1-14-6-5-7-18(25-14)16-11-23-22(24-12-16)27-13-20(29-4)17-9-8-15(10-19(17)27)21(28)26(2)3/h5-13H,1-4H3. The van der Waals surface area contributed by atoms with Crippen molar-refractivity contribution in [3.05, 3.63) is 66.2 Å². The minimum atomic E-state index is -0.0351. The van der Waals surface area contributed by atoms with Crippen LogP contribution >= 0.6 is 11.8 Å². The molecule has 0 N–H and O–H groups in total. The number of benzene rings is 1. The Labute approximate surface area is 173 Å². The van der Waals surface area contributed by atoms with Crippen molar-refractivity contribution in [2.45, 2.75) is 11.8 Å². The molecule has 0 saturated carbocycles. The van der Waals surface area contributed by atoms with Crippen LogP contribution in [-0.4, -0.2) is 50.7 Å². The number of amides is 1. The van der Waals surface area contributed by atoms with E-state index in [2.05, 4.69) is 15.0 Å². The van der Waals surface area contributed by atoms with Crippen LogP contribution in [0.15, 0.2) is 59.9 Å². The van der Waals surface area contributed by atoms with Crippen LogP contribution in [0.2, 0.25) is 0 Å². The number of aromatic nitrogens is 4. The highest BCUT2D eigenvalue weighted by Gasteiger charge is 2.15. The van der Waals surface area contributed by atoms with Gasteiger partial charge in [-0.15, -0.1) is 11.8 Å². The first-order chi connectivity index (χ1) is 14.0. The lowest BCUT2D eigenvalue weighted by Gasteiger charge is -2.11. The van der Waals surface area contributed by atoms with Gasteiger partial charge in [-0.3, -0.25) is 14.3 Å². The summed E-state index contributed by atoms with van der Waals surface area (Å²) < 4.78 is 1.93. The summed E-state index contributed by atoms with van der Waals surface area (Å²) in [6, 6.07) is 11.6. The monoisotopic (exact) mass is 403 g/mol. The fourth-order valence-corrected chi connectivity index (χ4v) is 3.80. The SMILES string of the molecule is CSc1cn(-c2ncc(-c3cccc(C)n3)cn2)c2cc(C(=O)N(C)C)ccc12. The summed E-state index contributed by atoms with van der Waals surface area (Å²) in [7, 11) is 3.50. The molecule has 3 aromatic heterocycles. The molecule has 4 rings (SSSR count). The first kappa shape index (κ1) is 19.1. The maximum atomic E-state index is 12.4. The van der Waals surface area contributed by atoms with E-state index in [4.69, 9.17) is 0 Å². The third-order valence-corrected chi connectivity index (χ3v) is 5.45. The molecule has 7 heteroatoms. The van der Waals surface area contributed by atoms with Gasteiger partial charge in [0.25, 0.3) is 5.91 Å². The lowest BCUT2D eigenvalue weighted by atomic mass is 10.1. The summed E-state index contributed by atoms with van der Waals surface area (Å²) >= 11 is 1.65. The molecular formula is C22H21N5OS. The minimum Gasteiger partial charge on any atom is -0.345 e.